The lowest BCUT2D eigenvalue weighted by Gasteiger charge is -2.60. The Morgan fingerprint density at radius 2 is 1.69 bits per heavy atom. The molecule has 1 N–H and O–H groups in total. The molecule has 2 aliphatic heterocycles. The zero-order valence-corrected chi connectivity index (χ0v) is 32.5. The molecule has 1 aromatic rings. The number of carbonyl (C=O) groups is 5. The van der Waals surface area contributed by atoms with Crippen LogP contribution in [0, 0.1) is 39.9 Å². The maximum absolute atomic E-state index is 13.5. The van der Waals surface area contributed by atoms with Gasteiger partial charge in [0.05, 0.1) is 5.25 Å². The van der Waals surface area contributed by atoms with E-state index >= 15 is 0 Å². The van der Waals surface area contributed by atoms with Gasteiger partial charge in [-0.2, -0.15) is 11.8 Å². The maximum Gasteiger partial charge on any atom is 0.246 e. The minimum absolute atomic E-state index is 0.0204. The van der Waals surface area contributed by atoms with Crippen LogP contribution in [0.5, 0.6) is 0 Å². The number of imide groups is 1. The van der Waals surface area contributed by atoms with Crippen LogP contribution in [0.4, 0.5) is 5.69 Å². The lowest BCUT2D eigenvalue weighted by Crippen LogP contribution is -2.60. The molecule has 1 saturated heterocycles. The Labute approximate surface area is 309 Å². The molecular weight excluding hydrogens is 659 g/mol. The summed E-state index contributed by atoms with van der Waals surface area (Å²) in [7, 11) is 0. The van der Waals surface area contributed by atoms with Crippen molar-refractivity contribution in [3.63, 3.8) is 0 Å². The summed E-state index contributed by atoms with van der Waals surface area (Å²) in [6, 6.07) is 8.00. The number of nitrogens with zero attached hydrogens (tertiary/aromatic N) is 2. The number of benzene rings is 1. The third-order valence-electron chi connectivity index (χ3n) is 13.4. The summed E-state index contributed by atoms with van der Waals surface area (Å²) in [5, 5.41) is 2.74. The molecule has 1 unspecified atom stereocenters. The fraction of sp³-hybridized carbons (Fsp3) is 0.690. The SMILES string of the molecule is CSC1CC(=O)N(CCCCCC(=O)Nc2ccc(CN3C(=O)C=C[C@]4(C)[C@H]5CC[C@]6(C)[C@@H](C(=O)CC(C)(C)C)CC[C@H]6[C@@H]5CC[C@@H]34)cc2)C1=O. The molecule has 4 fully saturated rings. The number of rotatable bonds is 12. The Kier molecular flexibility index (Phi) is 11.0. The first kappa shape index (κ1) is 37.8. The molecular formula is C42H59N3O5S. The van der Waals surface area contributed by atoms with Gasteiger partial charge in [0.25, 0.3) is 0 Å². The number of hydrogen-bond donors (Lipinski definition) is 1. The van der Waals surface area contributed by atoms with Gasteiger partial charge >= 0.3 is 0 Å². The van der Waals surface area contributed by atoms with Gasteiger partial charge in [0, 0.05) is 55.4 Å². The number of Topliss-reactive ketones (excluding diaryl/α,β-unsaturated/α-hetero) is 1. The van der Waals surface area contributed by atoms with Gasteiger partial charge in [-0.3, -0.25) is 28.9 Å². The zero-order chi connectivity index (χ0) is 36.7. The monoisotopic (exact) mass is 717 g/mol. The van der Waals surface area contributed by atoms with E-state index < -0.39 is 0 Å². The van der Waals surface area contributed by atoms with E-state index in [2.05, 4.69) is 50.9 Å². The summed E-state index contributed by atoms with van der Waals surface area (Å²) in [5.74, 6) is 2.16. The summed E-state index contributed by atoms with van der Waals surface area (Å²) in [6.45, 7) is 12.3. The van der Waals surface area contributed by atoms with E-state index in [-0.39, 0.29) is 63.5 Å². The molecule has 51 heavy (non-hydrogen) atoms. The van der Waals surface area contributed by atoms with Crippen LogP contribution in [-0.4, -0.2) is 63.3 Å². The van der Waals surface area contributed by atoms with Crippen molar-refractivity contribution in [2.75, 3.05) is 18.1 Å². The van der Waals surface area contributed by atoms with E-state index in [1.165, 1.54) is 16.7 Å². The Morgan fingerprint density at radius 1 is 0.941 bits per heavy atom. The Hall–Kier alpha value is -2.94. The van der Waals surface area contributed by atoms with Crippen molar-refractivity contribution in [1.29, 1.82) is 0 Å². The summed E-state index contributed by atoms with van der Waals surface area (Å²) in [5.41, 5.74) is 1.80. The molecule has 9 heteroatoms. The van der Waals surface area contributed by atoms with E-state index in [0.717, 1.165) is 56.2 Å². The highest BCUT2D eigenvalue weighted by atomic mass is 32.2. The summed E-state index contributed by atoms with van der Waals surface area (Å²) in [4.78, 5) is 67.5. The first-order valence-corrected chi connectivity index (χ1v) is 20.7. The molecule has 4 amide bonds. The third kappa shape index (κ3) is 7.61. The predicted molar refractivity (Wildman–Crippen MR) is 203 cm³/mol. The number of anilines is 1. The molecule has 8 nitrogen and oxygen atoms in total. The van der Waals surface area contributed by atoms with E-state index in [9.17, 15) is 24.0 Å². The largest absolute Gasteiger partial charge is 0.331 e. The molecule has 278 valence electrons. The summed E-state index contributed by atoms with van der Waals surface area (Å²) >= 11 is 1.42. The van der Waals surface area contributed by atoms with Gasteiger partial charge in [-0.15, -0.1) is 0 Å². The summed E-state index contributed by atoms with van der Waals surface area (Å²) < 4.78 is 0. The number of amides is 4. The molecule has 8 atom stereocenters. The average Bonchev–Trinajstić information content (AvgIpc) is 3.57. The normalized spacial score (nSPS) is 33.3. The minimum Gasteiger partial charge on any atom is -0.331 e. The number of unbranched alkanes of at least 4 members (excludes halogenated alkanes) is 2. The van der Waals surface area contributed by atoms with Gasteiger partial charge in [-0.1, -0.05) is 59.2 Å². The fourth-order valence-electron chi connectivity index (χ4n) is 10.9. The van der Waals surface area contributed by atoms with Crippen LogP contribution in [0.3, 0.4) is 0 Å². The van der Waals surface area contributed by atoms with Crippen LogP contribution in [0.25, 0.3) is 0 Å². The smallest absolute Gasteiger partial charge is 0.246 e. The van der Waals surface area contributed by atoms with Crippen LogP contribution in [0.15, 0.2) is 36.4 Å². The van der Waals surface area contributed by atoms with E-state index in [0.29, 0.717) is 62.3 Å². The van der Waals surface area contributed by atoms with Crippen molar-refractivity contribution < 1.29 is 24.0 Å². The van der Waals surface area contributed by atoms with Crippen molar-refractivity contribution in [3.05, 3.63) is 42.0 Å². The van der Waals surface area contributed by atoms with Gasteiger partial charge < -0.3 is 10.2 Å². The van der Waals surface area contributed by atoms with Crippen molar-refractivity contribution in [1.82, 2.24) is 9.80 Å². The van der Waals surface area contributed by atoms with Gasteiger partial charge in [0.2, 0.25) is 23.6 Å². The number of thioether (sulfide) groups is 1. The third-order valence-corrected chi connectivity index (χ3v) is 14.4. The van der Waals surface area contributed by atoms with E-state index in [1.807, 2.05) is 36.6 Å². The van der Waals surface area contributed by atoms with Crippen LogP contribution in [-0.2, 0) is 30.5 Å². The first-order valence-electron chi connectivity index (χ1n) is 19.4. The standard InChI is InChI=1S/C42H59N3O5S/c1-40(2,3)25-33(46)32-17-16-30-29-15-18-35-42(5,31(29)19-21-41(30,32)4)22-20-37(48)45(35)26-27-11-13-28(14-12-27)43-36(47)10-8-7-9-23-44-38(49)24-34(51-6)39(44)50/h11-14,20,22,29-32,34-35H,7-10,15-19,21,23-26H2,1-6H3,(H,43,47)/t29-,30-,31-,32+,34?,35+,41-,42+/m0/s1. The van der Waals surface area contributed by atoms with Crippen LogP contribution < -0.4 is 5.32 Å². The molecule has 0 bridgehead atoms. The summed E-state index contributed by atoms with van der Waals surface area (Å²) in [6.07, 6.45) is 15.9. The topological polar surface area (TPSA) is 104 Å². The molecule has 0 aromatic heterocycles. The highest BCUT2D eigenvalue weighted by Gasteiger charge is 2.61. The van der Waals surface area contributed by atoms with Crippen LogP contribution in [0.1, 0.15) is 117 Å². The van der Waals surface area contributed by atoms with Gasteiger partial charge in [-0.05, 0) is 110 Å². The number of hydrogen-bond acceptors (Lipinski definition) is 6. The Balaban J connectivity index is 1.01. The van der Waals surface area contributed by atoms with E-state index in [1.54, 1.807) is 0 Å². The molecule has 5 aliphatic rings. The number of carbonyl (C=O) groups excluding carboxylic acids is 5. The van der Waals surface area contributed by atoms with Crippen LogP contribution >= 0.6 is 11.8 Å². The highest BCUT2D eigenvalue weighted by molar-refractivity contribution is 8.00. The molecule has 0 radical (unpaired) electrons. The highest BCUT2D eigenvalue weighted by Crippen LogP contribution is 2.66. The second-order valence-corrected chi connectivity index (χ2v) is 18.9. The average molecular weight is 718 g/mol. The minimum atomic E-state index is -0.251. The number of ketones is 1. The van der Waals surface area contributed by atoms with Crippen molar-refractivity contribution in [3.8, 4) is 0 Å². The predicted octanol–water partition coefficient (Wildman–Crippen LogP) is 7.81. The van der Waals surface area contributed by atoms with E-state index in [4.69, 9.17) is 0 Å². The number of likely N-dealkylation sites (tertiary alicyclic amines) is 1. The van der Waals surface area contributed by atoms with Crippen molar-refractivity contribution >= 4 is 46.9 Å². The lowest BCUT2D eigenvalue weighted by atomic mass is 9.47. The van der Waals surface area contributed by atoms with Crippen molar-refractivity contribution in [2.45, 2.75) is 130 Å². The zero-order valence-electron chi connectivity index (χ0n) is 31.7. The quantitative estimate of drug-likeness (QED) is 0.175. The number of nitrogens with one attached hydrogen (secondary N) is 1. The van der Waals surface area contributed by atoms with Gasteiger partial charge in [-0.25, -0.2) is 0 Å². The second-order valence-electron chi connectivity index (χ2n) is 17.9. The Morgan fingerprint density at radius 3 is 2.37 bits per heavy atom. The van der Waals surface area contributed by atoms with Gasteiger partial charge in [0.15, 0.2) is 0 Å². The molecule has 3 aliphatic carbocycles. The Bertz CT molecular complexity index is 1550. The number of fused-ring (bicyclic) bond motifs is 5. The fourth-order valence-corrected chi connectivity index (χ4v) is 11.5. The molecule has 0 spiro atoms. The van der Waals surface area contributed by atoms with Crippen LogP contribution in [0.2, 0.25) is 0 Å². The second kappa shape index (κ2) is 14.8. The molecule has 3 saturated carbocycles. The first-order chi connectivity index (χ1) is 24.1. The molecule has 2 heterocycles. The molecule has 1 aromatic carbocycles. The van der Waals surface area contributed by atoms with Gasteiger partial charge in [0.1, 0.15) is 5.78 Å². The molecule has 6 rings (SSSR count). The lowest BCUT2D eigenvalue weighted by molar-refractivity contribution is -0.145. The van der Waals surface area contributed by atoms with Crippen molar-refractivity contribution in [2.24, 2.45) is 39.9 Å². The maximum atomic E-state index is 13.5.